The van der Waals surface area contributed by atoms with E-state index in [0.29, 0.717) is 23.4 Å². The van der Waals surface area contributed by atoms with Gasteiger partial charge in [0.05, 0.1) is 23.0 Å². The molecule has 1 unspecified atom stereocenters. The lowest BCUT2D eigenvalue weighted by Crippen LogP contribution is -2.28. The van der Waals surface area contributed by atoms with Crippen molar-refractivity contribution in [3.63, 3.8) is 0 Å². The number of nitrogens with one attached hydrogen (secondary N) is 1. The fourth-order valence-corrected chi connectivity index (χ4v) is 2.23. The number of carbonyl (C=O) groups excluding carboxylic acids is 1. The molecule has 0 saturated heterocycles. The summed E-state index contributed by atoms with van der Waals surface area (Å²) in [5, 5.41) is 11.0. The maximum absolute atomic E-state index is 12.5. The van der Waals surface area contributed by atoms with Crippen molar-refractivity contribution in [1.82, 2.24) is 15.5 Å². The molecule has 1 aromatic heterocycles. The summed E-state index contributed by atoms with van der Waals surface area (Å²) in [7, 11) is 0. The van der Waals surface area contributed by atoms with Gasteiger partial charge in [0.25, 0.3) is 5.91 Å². The van der Waals surface area contributed by atoms with E-state index in [1.165, 1.54) is 0 Å². The van der Waals surface area contributed by atoms with Gasteiger partial charge in [-0.05, 0) is 38.0 Å². The molecular weight excluding hydrogens is 264 g/mol. The second-order valence-corrected chi connectivity index (χ2v) is 5.02. The Balaban J connectivity index is 2.22. The quantitative estimate of drug-likeness (QED) is 0.845. The number of amides is 1. The first kappa shape index (κ1) is 15.0. The standard InChI is InChI=1S/C16H20N4O/c1-4-15-13(9-10(2)19-20-15)16(21)18-11(3)12-7-5-6-8-14(12)17/h5-9,11H,4,17H2,1-3H3,(H,18,21). The van der Waals surface area contributed by atoms with Gasteiger partial charge in [-0.3, -0.25) is 4.79 Å². The topological polar surface area (TPSA) is 80.9 Å². The number of carbonyl (C=O) groups is 1. The predicted octanol–water partition coefficient (Wildman–Crippen LogP) is 2.42. The average molecular weight is 284 g/mol. The molecule has 2 rings (SSSR count). The summed E-state index contributed by atoms with van der Waals surface area (Å²) in [6, 6.07) is 9.12. The zero-order chi connectivity index (χ0) is 15.4. The Morgan fingerprint density at radius 2 is 2.05 bits per heavy atom. The lowest BCUT2D eigenvalue weighted by atomic mass is 10.1. The molecule has 0 spiro atoms. The van der Waals surface area contributed by atoms with Gasteiger partial charge in [0.15, 0.2) is 0 Å². The minimum absolute atomic E-state index is 0.152. The van der Waals surface area contributed by atoms with E-state index in [1.54, 1.807) is 6.07 Å². The summed E-state index contributed by atoms with van der Waals surface area (Å²) in [6.07, 6.45) is 0.665. The van der Waals surface area contributed by atoms with Crippen LogP contribution in [-0.2, 0) is 6.42 Å². The van der Waals surface area contributed by atoms with E-state index in [-0.39, 0.29) is 11.9 Å². The number of aromatic nitrogens is 2. The molecule has 0 saturated carbocycles. The molecule has 3 N–H and O–H groups in total. The number of nitrogen functional groups attached to an aromatic ring is 1. The van der Waals surface area contributed by atoms with Gasteiger partial charge in [0.1, 0.15) is 0 Å². The first-order valence-electron chi connectivity index (χ1n) is 7.01. The van der Waals surface area contributed by atoms with Crippen LogP contribution < -0.4 is 11.1 Å². The molecular formula is C16H20N4O. The van der Waals surface area contributed by atoms with Crippen LogP contribution in [0, 0.1) is 6.92 Å². The first-order valence-corrected chi connectivity index (χ1v) is 7.01. The number of hydrogen-bond donors (Lipinski definition) is 2. The van der Waals surface area contributed by atoms with Gasteiger partial charge in [0.2, 0.25) is 0 Å². The molecule has 0 aliphatic rings. The van der Waals surface area contributed by atoms with E-state index in [0.717, 1.165) is 11.3 Å². The Bertz CT molecular complexity index is 654. The zero-order valence-electron chi connectivity index (χ0n) is 12.6. The van der Waals surface area contributed by atoms with E-state index >= 15 is 0 Å². The molecule has 1 atom stereocenters. The van der Waals surface area contributed by atoms with E-state index < -0.39 is 0 Å². The Hall–Kier alpha value is -2.43. The van der Waals surface area contributed by atoms with E-state index in [4.69, 9.17) is 5.73 Å². The molecule has 1 heterocycles. The molecule has 0 aliphatic carbocycles. The molecule has 0 bridgehead atoms. The number of nitrogens with zero attached hydrogens (tertiary/aromatic N) is 2. The van der Waals surface area contributed by atoms with Gasteiger partial charge >= 0.3 is 0 Å². The van der Waals surface area contributed by atoms with Crippen LogP contribution in [0.4, 0.5) is 5.69 Å². The van der Waals surface area contributed by atoms with Crippen molar-refractivity contribution >= 4 is 11.6 Å². The van der Waals surface area contributed by atoms with Gasteiger partial charge in [-0.2, -0.15) is 10.2 Å². The number of hydrogen-bond acceptors (Lipinski definition) is 4. The van der Waals surface area contributed by atoms with Crippen LogP contribution in [0.3, 0.4) is 0 Å². The van der Waals surface area contributed by atoms with Crippen molar-refractivity contribution in [2.75, 3.05) is 5.73 Å². The van der Waals surface area contributed by atoms with Crippen molar-refractivity contribution in [2.45, 2.75) is 33.2 Å². The third kappa shape index (κ3) is 3.37. The molecule has 1 aromatic carbocycles. The third-order valence-electron chi connectivity index (χ3n) is 3.38. The van der Waals surface area contributed by atoms with Crippen molar-refractivity contribution < 1.29 is 4.79 Å². The van der Waals surface area contributed by atoms with Crippen LogP contribution in [0.1, 0.15) is 47.2 Å². The Morgan fingerprint density at radius 3 is 2.71 bits per heavy atom. The first-order chi connectivity index (χ1) is 10.0. The monoisotopic (exact) mass is 284 g/mol. The normalized spacial score (nSPS) is 12.0. The fraction of sp³-hybridized carbons (Fsp3) is 0.312. The molecule has 0 fully saturated rings. The molecule has 0 radical (unpaired) electrons. The molecule has 2 aromatic rings. The van der Waals surface area contributed by atoms with E-state index in [9.17, 15) is 4.79 Å². The van der Waals surface area contributed by atoms with Crippen LogP contribution in [-0.4, -0.2) is 16.1 Å². The summed E-state index contributed by atoms with van der Waals surface area (Å²) >= 11 is 0. The van der Waals surface area contributed by atoms with Gasteiger partial charge in [-0.15, -0.1) is 0 Å². The summed E-state index contributed by atoms with van der Waals surface area (Å²) in [6.45, 7) is 5.69. The predicted molar refractivity (Wildman–Crippen MR) is 82.9 cm³/mol. The zero-order valence-corrected chi connectivity index (χ0v) is 12.6. The number of para-hydroxylation sites is 1. The highest BCUT2D eigenvalue weighted by molar-refractivity contribution is 5.95. The van der Waals surface area contributed by atoms with Crippen LogP contribution >= 0.6 is 0 Å². The van der Waals surface area contributed by atoms with Gasteiger partial charge in [0, 0.05) is 5.69 Å². The third-order valence-corrected chi connectivity index (χ3v) is 3.38. The van der Waals surface area contributed by atoms with Crippen LogP contribution in [0.5, 0.6) is 0 Å². The van der Waals surface area contributed by atoms with Crippen LogP contribution in [0.15, 0.2) is 30.3 Å². The average Bonchev–Trinajstić information content (AvgIpc) is 2.47. The minimum Gasteiger partial charge on any atom is -0.398 e. The van der Waals surface area contributed by atoms with E-state index in [1.807, 2.05) is 45.0 Å². The largest absolute Gasteiger partial charge is 0.398 e. The Morgan fingerprint density at radius 1 is 1.33 bits per heavy atom. The number of anilines is 1. The summed E-state index contributed by atoms with van der Waals surface area (Å²) in [5.41, 5.74) is 9.52. The number of rotatable bonds is 4. The highest BCUT2D eigenvalue weighted by Gasteiger charge is 2.17. The van der Waals surface area contributed by atoms with Crippen molar-refractivity contribution in [3.05, 3.63) is 52.8 Å². The Labute approximate surface area is 124 Å². The lowest BCUT2D eigenvalue weighted by molar-refractivity contribution is 0.0938. The molecule has 1 amide bonds. The molecule has 5 nitrogen and oxygen atoms in total. The molecule has 21 heavy (non-hydrogen) atoms. The van der Waals surface area contributed by atoms with Gasteiger partial charge in [-0.25, -0.2) is 0 Å². The number of aryl methyl sites for hydroxylation is 2. The highest BCUT2D eigenvalue weighted by atomic mass is 16.1. The minimum atomic E-state index is -0.170. The smallest absolute Gasteiger partial charge is 0.253 e. The van der Waals surface area contributed by atoms with Crippen LogP contribution in [0.25, 0.3) is 0 Å². The van der Waals surface area contributed by atoms with Crippen molar-refractivity contribution in [3.8, 4) is 0 Å². The number of nitrogens with two attached hydrogens (primary N) is 1. The SMILES string of the molecule is CCc1nnc(C)cc1C(=O)NC(C)c1ccccc1N. The van der Waals surface area contributed by atoms with Crippen LogP contribution in [0.2, 0.25) is 0 Å². The van der Waals surface area contributed by atoms with Gasteiger partial charge in [-0.1, -0.05) is 25.1 Å². The summed E-state index contributed by atoms with van der Waals surface area (Å²) in [5.74, 6) is -0.152. The van der Waals surface area contributed by atoms with Gasteiger partial charge < -0.3 is 11.1 Å². The second-order valence-electron chi connectivity index (χ2n) is 5.02. The van der Waals surface area contributed by atoms with Crippen molar-refractivity contribution in [2.24, 2.45) is 0 Å². The van der Waals surface area contributed by atoms with E-state index in [2.05, 4.69) is 15.5 Å². The molecule has 0 aliphatic heterocycles. The second kappa shape index (κ2) is 6.35. The lowest BCUT2D eigenvalue weighted by Gasteiger charge is -2.17. The molecule has 110 valence electrons. The maximum Gasteiger partial charge on any atom is 0.253 e. The highest BCUT2D eigenvalue weighted by Crippen LogP contribution is 2.20. The Kier molecular flexibility index (Phi) is 4.52. The molecule has 5 heteroatoms. The van der Waals surface area contributed by atoms with Crippen molar-refractivity contribution in [1.29, 1.82) is 0 Å². The maximum atomic E-state index is 12.5. The summed E-state index contributed by atoms with van der Waals surface area (Å²) < 4.78 is 0. The fourth-order valence-electron chi connectivity index (χ4n) is 2.23. The number of benzene rings is 1. The summed E-state index contributed by atoms with van der Waals surface area (Å²) in [4.78, 5) is 12.5.